The maximum atomic E-state index is 2.52. The minimum Gasteiger partial charge on any atom is -0.0651 e. The molecule has 0 N–H and O–H groups in total. The molecule has 2 bridgehead atoms. The van der Waals surface area contributed by atoms with Crippen LogP contribution in [0.1, 0.15) is 52.9 Å². The molecule has 2 aliphatic carbocycles. The molecule has 0 aromatic rings. The first-order chi connectivity index (χ1) is 6.27. The van der Waals surface area contributed by atoms with Crippen molar-refractivity contribution in [3.8, 4) is 0 Å². The van der Waals surface area contributed by atoms with Gasteiger partial charge in [-0.05, 0) is 48.9 Å². The second kappa shape index (κ2) is 3.63. The Morgan fingerprint density at radius 2 is 1.69 bits per heavy atom. The van der Waals surface area contributed by atoms with Crippen molar-refractivity contribution in [1.82, 2.24) is 0 Å². The number of rotatable bonds is 3. The zero-order chi connectivity index (χ0) is 9.42. The maximum absolute atomic E-state index is 2.52. The van der Waals surface area contributed by atoms with Gasteiger partial charge in [0.25, 0.3) is 0 Å². The summed E-state index contributed by atoms with van der Waals surface area (Å²) < 4.78 is 0. The van der Waals surface area contributed by atoms with Crippen molar-refractivity contribution < 1.29 is 0 Å². The van der Waals surface area contributed by atoms with E-state index in [-0.39, 0.29) is 0 Å². The molecule has 0 heterocycles. The van der Waals surface area contributed by atoms with Gasteiger partial charge in [-0.25, -0.2) is 0 Å². The van der Waals surface area contributed by atoms with Crippen LogP contribution in [0.4, 0.5) is 0 Å². The lowest BCUT2D eigenvalue weighted by Crippen LogP contribution is -2.26. The van der Waals surface area contributed by atoms with Gasteiger partial charge in [-0.15, -0.1) is 0 Å². The van der Waals surface area contributed by atoms with Crippen LogP contribution < -0.4 is 0 Å². The summed E-state index contributed by atoms with van der Waals surface area (Å²) in [7, 11) is 0. The highest BCUT2D eigenvalue weighted by atomic mass is 14.5. The summed E-state index contributed by atoms with van der Waals surface area (Å²) in [5.41, 5.74) is 0. The predicted molar refractivity (Wildman–Crippen MR) is 57.6 cm³/mol. The van der Waals surface area contributed by atoms with Crippen molar-refractivity contribution in [2.45, 2.75) is 52.9 Å². The molecular weight excluding hydrogens is 156 g/mol. The largest absolute Gasteiger partial charge is 0.0651 e. The highest BCUT2D eigenvalue weighted by Gasteiger charge is 2.46. The Morgan fingerprint density at radius 1 is 1.08 bits per heavy atom. The van der Waals surface area contributed by atoms with Crippen LogP contribution in [0.15, 0.2) is 0 Å². The molecular formula is C13H24. The monoisotopic (exact) mass is 180 g/mol. The molecule has 0 aromatic heterocycles. The van der Waals surface area contributed by atoms with Crippen molar-refractivity contribution in [2.75, 3.05) is 0 Å². The lowest BCUT2D eigenvalue weighted by Gasteiger charge is -2.34. The zero-order valence-corrected chi connectivity index (χ0v) is 9.42. The molecule has 0 aromatic carbocycles. The summed E-state index contributed by atoms with van der Waals surface area (Å²) >= 11 is 0. The summed E-state index contributed by atoms with van der Waals surface area (Å²) in [4.78, 5) is 0. The highest BCUT2D eigenvalue weighted by Crippen LogP contribution is 2.55. The standard InChI is InChI=1S/C13H24/c1-4-10(5-2)13-9(3)11-6-7-12(13)8-11/h9-13H,4-8H2,1-3H3. The molecule has 0 nitrogen and oxygen atoms in total. The minimum atomic E-state index is 1.03. The van der Waals surface area contributed by atoms with Crippen LogP contribution in [0.2, 0.25) is 0 Å². The van der Waals surface area contributed by atoms with E-state index in [2.05, 4.69) is 20.8 Å². The van der Waals surface area contributed by atoms with Crippen LogP contribution in [0.3, 0.4) is 0 Å². The molecule has 0 amide bonds. The van der Waals surface area contributed by atoms with Gasteiger partial charge in [-0.3, -0.25) is 0 Å². The molecule has 76 valence electrons. The Labute approximate surface area is 83.1 Å². The molecule has 4 atom stereocenters. The van der Waals surface area contributed by atoms with Gasteiger partial charge < -0.3 is 0 Å². The van der Waals surface area contributed by atoms with Gasteiger partial charge in [-0.1, -0.05) is 33.6 Å². The number of hydrogen-bond acceptors (Lipinski definition) is 0. The van der Waals surface area contributed by atoms with Gasteiger partial charge in [0.2, 0.25) is 0 Å². The van der Waals surface area contributed by atoms with E-state index in [1.54, 1.807) is 19.3 Å². The number of hydrogen-bond donors (Lipinski definition) is 0. The van der Waals surface area contributed by atoms with Gasteiger partial charge in [0.15, 0.2) is 0 Å². The third-order valence-corrected chi connectivity index (χ3v) is 5.00. The second-order valence-electron chi connectivity index (χ2n) is 5.35. The maximum Gasteiger partial charge on any atom is -0.0329 e. The van der Waals surface area contributed by atoms with E-state index in [1.165, 1.54) is 12.8 Å². The first kappa shape index (κ1) is 9.55. The average molecular weight is 180 g/mol. The molecule has 2 rings (SSSR count). The zero-order valence-electron chi connectivity index (χ0n) is 9.42. The summed E-state index contributed by atoms with van der Waals surface area (Å²) in [5, 5.41) is 0. The minimum absolute atomic E-state index is 1.03. The van der Waals surface area contributed by atoms with Crippen LogP contribution in [0.5, 0.6) is 0 Å². The third-order valence-electron chi connectivity index (χ3n) is 5.00. The quantitative estimate of drug-likeness (QED) is 0.613. The molecule has 0 saturated heterocycles. The average Bonchev–Trinajstić information content (AvgIpc) is 2.70. The van der Waals surface area contributed by atoms with E-state index in [0.29, 0.717) is 0 Å². The molecule has 2 fully saturated rings. The fraction of sp³-hybridized carbons (Fsp3) is 1.00. The lowest BCUT2D eigenvalue weighted by molar-refractivity contribution is 0.152. The van der Waals surface area contributed by atoms with E-state index < -0.39 is 0 Å². The Balaban J connectivity index is 2.06. The first-order valence-corrected chi connectivity index (χ1v) is 6.27. The molecule has 0 aliphatic heterocycles. The van der Waals surface area contributed by atoms with Gasteiger partial charge in [-0.2, -0.15) is 0 Å². The Kier molecular flexibility index (Phi) is 2.67. The number of fused-ring (bicyclic) bond motifs is 2. The van der Waals surface area contributed by atoms with E-state index in [0.717, 1.165) is 29.6 Å². The fourth-order valence-electron chi connectivity index (χ4n) is 4.27. The van der Waals surface area contributed by atoms with Crippen LogP contribution in [-0.2, 0) is 0 Å². The van der Waals surface area contributed by atoms with Crippen LogP contribution >= 0.6 is 0 Å². The second-order valence-corrected chi connectivity index (χ2v) is 5.35. The van der Waals surface area contributed by atoms with E-state index in [9.17, 15) is 0 Å². The van der Waals surface area contributed by atoms with Crippen molar-refractivity contribution in [3.05, 3.63) is 0 Å². The SMILES string of the molecule is CCC(CC)C1C2CCC(C2)C1C. The molecule has 13 heavy (non-hydrogen) atoms. The van der Waals surface area contributed by atoms with Crippen molar-refractivity contribution >= 4 is 0 Å². The summed E-state index contributed by atoms with van der Waals surface area (Å²) in [6, 6.07) is 0. The Bertz CT molecular complexity index is 167. The smallest absolute Gasteiger partial charge is 0.0329 e. The molecule has 4 unspecified atom stereocenters. The van der Waals surface area contributed by atoms with Crippen LogP contribution in [0.25, 0.3) is 0 Å². The van der Waals surface area contributed by atoms with Gasteiger partial charge >= 0.3 is 0 Å². The van der Waals surface area contributed by atoms with Gasteiger partial charge in [0.05, 0.1) is 0 Å². The van der Waals surface area contributed by atoms with Gasteiger partial charge in [0.1, 0.15) is 0 Å². The summed E-state index contributed by atoms with van der Waals surface area (Å²) in [5.74, 6) is 5.39. The van der Waals surface area contributed by atoms with E-state index in [4.69, 9.17) is 0 Å². The van der Waals surface area contributed by atoms with Crippen molar-refractivity contribution in [1.29, 1.82) is 0 Å². The van der Waals surface area contributed by atoms with E-state index in [1.807, 2.05) is 0 Å². The van der Waals surface area contributed by atoms with Crippen molar-refractivity contribution in [2.24, 2.45) is 29.6 Å². The lowest BCUT2D eigenvalue weighted by atomic mass is 9.71. The summed E-state index contributed by atoms with van der Waals surface area (Å²) in [6.07, 6.45) is 7.49. The molecule has 0 heteroatoms. The molecule has 2 saturated carbocycles. The first-order valence-electron chi connectivity index (χ1n) is 6.27. The third kappa shape index (κ3) is 1.43. The predicted octanol–water partition coefficient (Wildman–Crippen LogP) is 4.10. The Hall–Kier alpha value is 0. The van der Waals surface area contributed by atoms with Crippen LogP contribution in [0, 0.1) is 29.6 Å². The van der Waals surface area contributed by atoms with Crippen molar-refractivity contribution in [3.63, 3.8) is 0 Å². The molecule has 0 spiro atoms. The topological polar surface area (TPSA) is 0 Å². The van der Waals surface area contributed by atoms with Crippen LogP contribution in [-0.4, -0.2) is 0 Å². The normalized spacial score (nSPS) is 43.4. The van der Waals surface area contributed by atoms with Gasteiger partial charge in [0, 0.05) is 0 Å². The van der Waals surface area contributed by atoms with E-state index >= 15 is 0 Å². The fourth-order valence-corrected chi connectivity index (χ4v) is 4.27. The highest BCUT2D eigenvalue weighted by molar-refractivity contribution is 4.96. The summed E-state index contributed by atoms with van der Waals surface area (Å²) in [6.45, 7) is 7.28. The molecule has 0 radical (unpaired) electrons. The Morgan fingerprint density at radius 3 is 2.15 bits per heavy atom. The molecule has 2 aliphatic rings.